The van der Waals surface area contributed by atoms with Gasteiger partial charge in [-0.05, 0) is 12.3 Å². The fraction of sp³-hybridized carbons (Fsp3) is 0.400. The van der Waals surface area contributed by atoms with Gasteiger partial charge in [0.1, 0.15) is 0 Å². The van der Waals surface area contributed by atoms with Gasteiger partial charge in [0, 0.05) is 12.1 Å². The van der Waals surface area contributed by atoms with E-state index in [0.717, 1.165) is 0 Å². The van der Waals surface area contributed by atoms with Crippen molar-refractivity contribution in [2.45, 2.75) is 25.5 Å². The Morgan fingerprint density at radius 2 is 1.95 bits per heavy atom. The van der Waals surface area contributed by atoms with Crippen LogP contribution in [-0.2, 0) is 14.3 Å². The summed E-state index contributed by atoms with van der Waals surface area (Å²) >= 11 is 0. The van der Waals surface area contributed by atoms with Crippen LogP contribution >= 0.6 is 0 Å². The first kappa shape index (κ1) is 17.6. The lowest BCUT2D eigenvalue weighted by Crippen LogP contribution is -2.37. The molecule has 0 spiro atoms. The molecule has 0 bridgehead atoms. The molecule has 0 heterocycles. The molecular weight excluding hydrogens is 284 g/mol. The van der Waals surface area contributed by atoms with E-state index in [9.17, 15) is 9.59 Å². The molecule has 1 aromatic rings. The van der Waals surface area contributed by atoms with Crippen molar-refractivity contribution < 1.29 is 14.3 Å². The topological polar surface area (TPSA) is 134 Å². The number of carbonyl (C=O) groups excluding carboxylic acids is 2. The van der Waals surface area contributed by atoms with Crippen molar-refractivity contribution in [2.24, 2.45) is 28.1 Å². The maximum absolute atomic E-state index is 12.4. The zero-order chi connectivity index (χ0) is 16.5. The van der Waals surface area contributed by atoms with Crippen molar-refractivity contribution >= 4 is 18.2 Å². The minimum Gasteiger partial charge on any atom is -0.452 e. The van der Waals surface area contributed by atoms with E-state index in [2.05, 4.69) is 4.99 Å². The first-order valence-corrected chi connectivity index (χ1v) is 6.94. The highest BCUT2D eigenvalue weighted by Gasteiger charge is 2.28. The van der Waals surface area contributed by atoms with Crippen molar-refractivity contribution in [1.82, 2.24) is 0 Å². The number of nitrogens with zero attached hydrogens (tertiary/aromatic N) is 1. The van der Waals surface area contributed by atoms with Gasteiger partial charge in [0.05, 0.1) is 6.04 Å². The number of aliphatic imine (C=N–C) groups is 1. The second-order valence-corrected chi connectivity index (χ2v) is 5.14. The molecule has 2 unspecified atom stereocenters. The average molecular weight is 306 g/mol. The van der Waals surface area contributed by atoms with Gasteiger partial charge in [-0.15, -0.1) is 0 Å². The van der Waals surface area contributed by atoms with Crippen molar-refractivity contribution in [3.8, 4) is 0 Å². The molecule has 22 heavy (non-hydrogen) atoms. The van der Waals surface area contributed by atoms with E-state index in [1.807, 2.05) is 13.0 Å². The van der Waals surface area contributed by atoms with E-state index in [-0.39, 0.29) is 24.1 Å². The molecule has 1 aromatic carbocycles. The molecule has 0 fully saturated rings. The molecule has 0 amide bonds. The van der Waals surface area contributed by atoms with Crippen LogP contribution in [0.15, 0.2) is 35.3 Å². The Morgan fingerprint density at radius 1 is 1.32 bits per heavy atom. The van der Waals surface area contributed by atoms with Crippen LogP contribution in [0.5, 0.6) is 0 Å². The molecule has 0 saturated carbocycles. The number of benzene rings is 1. The van der Waals surface area contributed by atoms with Gasteiger partial charge >= 0.3 is 0 Å². The van der Waals surface area contributed by atoms with Crippen LogP contribution in [0.2, 0.25) is 0 Å². The Labute approximate surface area is 129 Å². The number of Topliss-reactive ketones (excluding diaryl/α,β-unsaturated/α-hetero) is 1. The minimum atomic E-state index is -0.996. The van der Waals surface area contributed by atoms with E-state index >= 15 is 0 Å². The predicted octanol–water partition coefficient (Wildman–Crippen LogP) is 0.0967. The second-order valence-electron chi connectivity index (χ2n) is 5.14. The standard InChI is InChI=1S/C15H22N4O3/c1-10(8-19-15(17)18)7-12(16)13(21)14(22-9-20)11-5-3-2-4-6-11/h2-6,9-10,12,14H,7-8,16H2,1H3,(H4,17,18,19)/t10?,12-,14?/m0/s1. The van der Waals surface area contributed by atoms with Crippen LogP contribution in [-0.4, -0.2) is 30.8 Å². The van der Waals surface area contributed by atoms with Crippen LogP contribution in [0.1, 0.15) is 25.0 Å². The Bertz CT molecular complexity index is 515. The summed E-state index contributed by atoms with van der Waals surface area (Å²) < 4.78 is 4.91. The highest BCUT2D eigenvalue weighted by atomic mass is 16.5. The summed E-state index contributed by atoms with van der Waals surface area (Å²) in [5, 5.41) is 0. The number of ether oxygens (including phenoxy) is 1. The predicted molar refractivity (Wildman–Crippen MR) is 83.8 cm³/mol. The monoisotopic (exact) mass is 306 g/mol. The molecule has 7 heteroatoms. The number of hydrogen-bond acceptors (Lipinski definition) is 5. The number of nitrogens with two attached hydrogens (primary N) is 3. The molecule has 0 aliphatic rings. The van der Waals surface area contributed by atoms with Crippen LogP contribution < -0.4 is 17.2 Å². The van der Waals surface area contributed by atoms with Gasteiger partial charge in [0.2, 0.25) is 0 Å². The van der Waals surface area contributed by atoms with Gasteiger partial charge in [0.25, 0.3) is 6.47 Å². The first-order valence-electron chi connectivity index (χ1n) is 6.94. The number of ketones is 1. The Kier molecular flexibility index (Phi) is 7.04. The summed E-state index contributed by atoms with van der Waals surface area (Å²) in [4.78, 5) is 27.0. The number of hydrogen-bond donors (Lipinski definition) is 3. The molecule has 0 saturated heterocycles. The van der Waals surface area contributed by atoms with Gasteiger partial charge < -0.3 is 21.9 Å². The smallest absolute Gasteiger partial charge is 0.294 e. The minimum absolute atomic E-state index is 0.00167. The zero-order valence-electron chi connectivity index (χ0n) is 12.5. The Morgan fingerprint density at radius 3 is 2.50 bits per heavy atom. The summed E-state index contributed by atoms with van der Waals surface area (Å²) in [6, 6.07) is 7.98. The fourth-order valence-corrected chi connectivity index (χ4v) is 2.07. The largest absolute Gasteiger partial charge is 0.452 e. The number of carbonyl (C=O) groups is 2. The van der Waals surface area contributed by atoms with Crippen LogP contribution in [0, 0.1) is 5.92 Å². The molecule has 6 N–H and O–H groups in total. The lowest BCUT2D eigenvalue weighted by atomic mass is 9.94. The molecule has 0 radical (unpaired) electrons. The summed E-state index contributed by atoms with van der Waals surface area (Å²) in [6.07, 6.45) is -0.606. The third kappa shape index (κ3) is 5.53. The zero-order valence-corrected chi connectivity index (χ0v) is 12.5. The van der Waals surface area contributed by atoms with Crippen molar-refractivity contribution in [3.05, 3.63) is 35.9 Å². The fourth-order valence-electron chi connectivity index (χ4n) is 2.07. The highest BCUT2D eigenvalue weighted by molar-refractivity contribution is 5.89. The molecule has 120 valence electrons. The van der Waals surface area contributed by atoms with E-state index < -0.39 is 12.1 Å². The molecular formula is C15H22N4O3. The summed E-state index contributed by atoms with van der Waals surface area (Å²) in [5.41, 5.74) is 17.1. The van der Waals surface area contributed by atoms with E-state index in [4.69, 9.17) is 21.9 Å². The lowest BCUT2D eigenvalue weighted by Gasteiger charge is -2.20. The molecule has 7 nitrogen and oxygen atoms in total. The highest BCUT2D eigenvalue weighted by Crippen LogP contribution is 2.20. The Hall–Kier alpha value is -2.41. The molecule has 0 aliphatic carbocycles. The summed E-state index contributed by atoms with van der Waals surface area (Å²) in [7, 11) is 0. The normalized spacial score (nSPS) is 14.5. The summed E-state index contributed by atoms with van der Waals surface area (Å²) in [6.45, 7) is 2.52. The van der Waals surface area contributed by atoms with Crippen LogP contribution in [0.4, 0.5) is 0 Å². The molecule has 0 aromatic heterocycles. The second kappa shape index (κ2) is 8.78. The van der Waals surface area contributed by atoms with E-state index in [1.54, 1.807) is 24.3 Å². The van der Waals surface area contributed by atoms with Gasteiger partial charge in [-0.2, -0.15) is 0 Å². The number of guanidine groups is 1. The van der Waals surface area contributed by atoms with Gasteiger partial charge in [-0.3, -0.25) is 14.6 Å². The van der Waals surface area contributed by atoms with Crippen molar-refractivity contribution in [2.75, 3.05) is 6.54 Å². The first-order chi connectivity index (χ1) is 10.5. The SMILES string of the molecule is CC(CN=C(N)N)C[C@H](N)C(=O)C(OC=O)c1ccccc1. The number of rotatable bonds is 9. The maximum Gasteiger partial charge on any atom is 0.294 e. The van der Waals surface area contributed by atoms with Gasteiger partial charge in [-0.1, -0.05) is 37.3 Å². The molecule has 3 atom stereocenters. The quantitative estimate of drug-likeness (QED) is 0.336. The Balaban J connectivity index is 2.73. The van der Waals surface area contributed by atoms with Crippen molar-refractivity contribution in [1.29, 1.82) is 0 Å². The van der Waals surface area contributed by atoms with E-state index in [0.29, 0.717) is 18.5 Å². The van der Waals surface area contributed by atoms with Crippen LogP contribution in [0.25, 0.3) is 0 Å². The maximum atomic E-state index is 12.4. The third-order valence-electron chi connectivity index (χ3n) is 3.16. The molecule has 0 aliphatic heterocycles. The average Bonchev–Trinajstić information content (AvgIpc) is 2.50. The van der Waals surface area contributed by atoms with Gasteiger partial charge in [-0.25, -0.2) is 0 Å². The van der Waals surface area contributed by atoms with E-state index in [1.165, 1.54) is 0 Å². The van der Waals surface area contributed by atoms with Gasteiger partial charge in [0.15, 0.2) is 17.8 Å². The lowest BCUT2D eigenvalue weighted by molar-refractivity contribution is -0.145. The molecule has 1 rings (SSSR count). The summed E-state index contributed by atoms with van der Waals surface area (Å²) in [5.74, 6) is -0.332. The third-order valence-corrected chi connectivity index (χ3v) is 3.16. The van der Waals surface area contributed by atoms with Crippen molar-refractivity contribution in [3.63, 3.8) is 0 Å². The van der Waals surface area contributed by atoms with Crippen LogP contribution in [0.3, 0.4) is 0 Å².